The molecular formula is C12H12N2O. The molecule has 0 saturated carbocycles. The van der Waals surface area contributed by atoms with E-state index in [2.05, 4.69) is 9.97 Å². The number of Topliss-reactive ketones (excluding diaryl/α,β-unsaturated/α-hetero) is 1. The highest BCUT2D eigenvalue weighted by molar-refractivity contribution is 5.96. The Labute approximate surface area is 88.2 Å². The van der Waals surface area contributed by atoms with Gasteiger partial charge in [0.15, 0.2) is 5.78 Å². The average molecular weight is 200 g/mol. The number of nitrogens with one attached hydrogen (secondary N) is 1. The van der Waals surface area contributed by atoms with Crippen molar-refractivity contribution in [3.05, 3.63) is 54.1 Å². The molecule has 0 atom stereocenters. The van der Waals surface area contributed by atoms with Gasteiger partial charge in [-0.15, -0.1) is 0 Å². The number of benzene rings is 1. The lowest BCUT2D eigenvalue weighted by atomic mass is 10.1. The Bertz CT molecular complexity index is 420. The first-order valence-corrected chi connectivity index (χ1v) is 4.93. The molecule has 76 valence electrons. The van der Waals surface area contributed by atoms with E-state index in [4.69, 9.17) is 0 Å². The van der Waals surface area contributed by atoms with Crippen molar-refractivity contribution >= 4 is 5.78 Å². The molecule has 0 fully saturated rings. The zero-order valence-corrected chi connectivity index (χ0v) is 8.31. The summed E-state index contributed by atoms with van der Waals surface area (Å²) < 4.78 is 0. The van der Waals surface area contributed by atoms with Gasteiger partial charge in [0.1, 0.15) is 5.82 Å². The third-order valence-electron chi connectivity index (χ3n) is 2.24. The molecule has 2 rings (SSSR count). The Kier molecular flexibility index (Phi) is 2.93. The summed E-state index contributed by atoms with van der Waals surface area (Å²) in [7, 11) is 0. The van der Waals surface area contributed by atoms with Crippen molar-refractivity contribution in [2.75, 3.05) is 0 Å². The molecule has 0 unspecified atom stereocenters. The molecule has 0 aliphatic rings. The molecule has 0 aliphatic carbocycles. The van der Waals surface area contributed by atoms with Gasteiger partial charge in [0.05, 0.1) is 0 Å². The van der Waals surface area contributed by atoms with Gasteiger partial charge in [-0.3, -0.25) is 4.79 Å². The molecule has 15 heavy (non-hydrogen) atoms. The molecule has 1 aromatic heterocycles. The van der Waals surface area contributed by atoms with Crippen molar-refractivity contribution in [2.45, 2.75) is 12.8 Å². The number of carbonyl (C=O) groups is 1. The quantitative estimate of drug-likeness (QED) is 0.769. The lowest BCUT2D eigenvalue weighted by Crippen LogP contribution is -2.01. The summed E-state index contributed by atoms with van der Waals surface area (Å²) in [6, 6.07) is 9.33. The predicted octanol–water partition coefficient (Wildman–Crippen LogP) is 2.23. The zero-order valence-electron chi connectivity index (χ0n) is 8.31. The van der Waals surface area contributed by atoms with Crippen LogP contribution in [0.3, 0.4) is 0 Å². The maximum absolute atomic E-state index is 11.7. The SMILES string of the molecule is O=C(CCc1ncc[nH]1)c1ccccc1. The molecule has 1 heterocycles. The molecule has 0 saturated heterocycles. The highest BCUT2D eigenvalue weighted by Crippen LogP contribution is 2.05. The summed E-state index contributed by atoms with van der Waals surface area (Å²) in [5, 5.41) is 0. The van der Waals surface area contributed by atoms with Crippen molar-refractivity contribution in [2.24, 2.45) is 0 Å². The van der Waals surface area contributed by atoms with Crippen LogP contribution >= 0.6 is 0 Å². The number of ketones is 1. The van der Waals surface area contributed by atoms with Crippen LogP contribution < -0.4 is 0 Å². The predicted molar refractivity (Wildman–Crippen MR) is 57.7 cm³/mol. The van der Waals surface area contributed by atoms with Crippen LogP contribution in [0.1, 0.15) is 22.6 Å². The average Bonchev–Trinajstić information content (AvgIpc) is 2.80. The van der Waals surface area contributed by atoms with Crippen LogP contribution in [-0.2, 0) is 6.42 Å². The molecule has 0 aliphatic heterocycles. The number of imidazole rings is 1. The number of hydrogen-bond acceptors (Lipinski definition) is 2. The van der Waals surface area contributed by atoms with E-state index in [1.54, 1.807) is 12.4 Å². The summed E-state index contributed by atoms with van der Waals surface area (Å²) >= 11 is 0. The first kappa shape index (κ1) is 9.65. The van der Waals surface area contributed by atoms with E-state index in [0.717, 1.165) is 11.4 Å². The smallest absolute Gasteiger partial charge is 0.163 e. The minimum Gasteiger partial charge on any atom is -0.349 e. The number of hydrogen-bond donors (Lipinski definition) is 1. The second-order valence-corrected chi connectivity index (χ2v) is 3.33. The molecule has 0 amide bonds. The van der Waals surface area contributed by atoms with E-state index in [0.29, 0.717) is 12.8 Å². The largest absolute Gasteiger partial charge is 0.349 e. The molecular weight excluding hydrogens is 188 g/mol. The lowest BCUT2D eigenvalue weighted by Gasteiger charge is -1.98. The topological polar surface area (TPSA) is 45.8 Å². The minimum absolute atomic E-state index is 0.159. The Morgan fingerprint density at radius 3 is 2.73 bits per heavy atom. The van der Waals surface area contributed by atoms with Crippen molar-refractivity contribution < 1.29 is 4.79 Å². The second kappa shape index (κ2) is 4.55. The summed E-state index contributed by atoms with van der Waals surface area (Å²) in [6.07, 6.45) is 4.63. The second-order valence-electron chi connectivity index (χ2n) is 3.33. The number of rotatable bonds is 4. The fraction of sp³-hybridized carbons (Fsp3) is 0.167. The van der Waals surface area contributed by atoms with Crippen molar-refractivity contribution in [1.82, 2.24) is 9.97 Å². The van der Waals surface area contributed by atoms with Crippen molar-refractivity contribution in [3.63, 3.8) is 0 Å². The third-order valence-corrected chi connectivity index (χ3v) is 2.24. The molecule has 1 N–H and O–H groups in total. The van der Waals surface area contributed by atoms with E-state index >= 15 is 0 Å². The van der Waals surface area contributed by atoms with Gasteiger partial charge in [-0.05, 0) is 0 Å². The zero-order chi connectivity index (χ0) is 10.5. The van der Waals surface area contributed by atoms with E-state index < -0.39 is 0 Å². The maximum Gasteiger partial charge on any atom is 0.163 e. The maximum atomic E-state index is 11.7. The Morgan fingerprint density at radius 2 is 2.07 bits per heavy atom. The summed E-state index contributed by atoms with van der Waals surface area (Å²) in [5.74, 6) is 1.02. The molecule has 0 radical (unpaired) electrons. The summed E-state index contributed by atoms with van der Waals surface area (Å²) in [5.41, 5.74) is 0.768. The van der Waals surface area contributed by atoms with E-state index in [9.17, 15) is 4.79 Å². The van der Waals surface area contributed by atoms with Gasteiger partial charge < -0.3 is 4.98 Å². The van der Waals surface area contributed by atoms with Crippen LogP contribution in [0.4, 0.5) is 0 Å². The third kappa shape index (κ3) is 2.53. The normalized spacial score (nSPS) is 10.1. The molecule has 3 heteroatoms. The standard InChI is InChI=1S/C12H12N2O/c15-11(10-4-2-1-3-5-10)6-7-12-13-8-9-14-12/h1-5,8-9H,6-7H2,(H,13,14). The van der Waals surface area contributed by atoms with Gasteiger partial charge >= 0.3 is 0 Å². The van der Waals surface area contributed by atoms with Crippen LogP contribution in [0.15, 0.2) is 42.7 Å². The highest BCUT2D eigenvalue weighted by Gasteiger charge is 2.05. The van der Waals surface area contributed by atoms with Gasteiger partial charge in [0.2, 0.25) is 0 Å². The first-order valence-electron chi connectivity index (χ1n) is 4.93. The Morgan fingerprint density at radius 1 is 1.27 bits per heavy atom. The van der Waals surface area contributed by atoms with Gasteiger partial charge in [-0.2, -0.15) is 0 Å². The number of nitrogens with zero attached hydrogens (tertiary/aromatic N) is 1. The lowest BCUT2D eigenvalue weighted by molar-refractivity contribution is 0.0982. The highest BCUT2D eigenvalue weighted by atomic mass is 16.1. The first-order chi connectivity index (χ1) is 7.36. The molecule has 3 nitrogen and oxygen atoms in total. The number of H-pyrrole nitrogens is 1. The van der Waals surface area contributed by atoms with Crippen LogP contribution in [0.25, 0.3) is 0 Å². The number of aromatic amines is 1. The van der Waals surface area contributed by atoms with Gasteiger partial charge in [-0.25, -0.2) is 4.98 Å². The van der Waals surface area contributed by atoms with Crippen LogP contribution in [0, 0.1) is 0 Å². The van der Waals surface area contributed by atoms with Crippen LogP contribution in [0.2, 0.25) is 0 Å². The summed E-state index contributed by atoms with van der Waals surface area (Å²) in [4.78, 5) is 18.8. The molecule has 0 spiro atoms. The van der Waals surface area contributed by atoms with Crippen molar-refractivity contribution in [3.8, 4) is 0 Å². The number of aromatic nitrogens is 2. The van der Waals surface area contributed by atoms with Crippen molar-refractivity contribution in [1.29, 1.82) is 0 Å². The number of aryl methyl sites for hydroxylation is 1. The Balaban J connectivity index is 1.94. The minimum atomic E-state index is 0.159. The van der Waals surface area contributed by atoms with E-state index in [1.165, 1.54) is 0 Å². The summed E-state index contributed by atoms with van der Waals surface area (Å²) in [6.45, 7) is 0. The van der Waals surface area contributed by atoms with Gasteiger partial charge in [0, 0.05) is 30.8 Å². The fourth-order valence-corrected chi connectivity index (χ4v) is 1.44. The number of carbonyl (C=O) groups excluding carboxylic acids is 1. The van der Waals surface area contributed by atoms with Gasteiger partial charge in [0.25, 0.3) is 0 Å². The van der Waals surface area contributed by atoms with E-state index in [1.807, 2.05) is 30.3 Å². The Hall–Kier alpha value is -1.90. The molecule has 1 aromatic carbocycles. The van der Waals surface area contributed by atoms with Crippen LogP contribution in [-0.4, -0.2) is 15.8 Å². The molecule has 0 bridgehead atoms. The van der Waals surface area contributed by atoms with Crippen LogP contribution in [0.5, 0.6) is 0 Å². The molecule has 2 aromatic rings. The van der Waals surface area contributed by atoms with E-state index in [-0.39, 0.29) is 5.78 Å². The van der Waals surface area contributed by atoms with Gasteiger partial charge in [-0.1, -0.05) is 30.3 Å². The monoisotopic (exact) mass is 200 g/mol. The fourth-order valence-electron chi connectivity index (χ4n) is 1.44.